The zero-order valence-electron chi connectivity index (χ0n) is 10.7. The standard InChI is InChI=1S/C15H14ClNO2/c1-9-4-6-13(12(16)7-9)17-14-8-10(2)3-5-11(14)15(18)19/h3-8,17H,1-2H3,(H,18,19). The van der Waals surface area contributed by atoms with Crippen molar-refractivity contribution >= 4 is 28.9 Å². The van der Waals surface area contributed by atoms with Gasteiger partial charge in [0.1, 0.15) is 0 Å². The molecule has 98 valence electrons. The third kappa shape index (κ3) is 3.06. The quantitative estimate of drug-likeness (QED) is 0.873. The first-order valence-electron chi connectivity index (χ1n) is 5.84. The summed E-state index contributed by atoms with van der Waals surface area (Å²) in [6, 6.07) is 10.7. The molecule has 0 bridgehead atoms. The van der Waals surface area contributed by atoms with Gasteiger partial charge in [0.05, 0.1) is 22.0 Å². The highest BCUT2D eigenvalue weighted by atomic mass is 35.5. The van der Waals surface area contributed by atoms with Crippen molar-refractivity contribution in [3.05, 3.63) is 58.1 Å². The number of aryl methyl sites for hydroxylation is 2. The van der Waals surface area contributed by atoms with Crippen LogP contribution in [0.25, 0.3) is 0 Å². The molecular formula is C15H14ClNO2. The molecule has 0 heterocycles. The summed E-state index contributed by atoms with van der Waals surface area (Å²) >= 11 is 6.14. The van der Waals surface area contributed by atoms with Gasteiger partial charge in [-0.3, -0.25) is 0 Å². The number of aromatic carboxylic acids is 1. The molecule has 2 rings (SSSR count). The number of carbonyl (C=O) groups is 1. The zero-order valence-corrected chi connectivity index (χ0v) is 11.5. The van der Waals surface area contributed by atoms with Gasteiger partial charge in [0.15, 0.2) is 0 Å². The molecule has 0 unspecified atom stereocenters. The second-order valence-electron chi connectivity index (χ2n) is 4.46. The van der Waals surface area contributed by atoms with Crippen LogP contribution in [-0.4, -0.2) is 11.1 Å². The molecule has 0 amide bonds. The molecule has 0 saturated carbocycles. The monoisotopic (exact) mass is 275 g/mol. The van der Waals surface area contributed by atoms with Crippen molar-refractivity contribution in [2.75, 3.05) is 5.32 Å². The lowest BCUT2D eigenvalue weighted by Gasteiger charge is -2.12. The molecule has 2 N–H and O–H groups in total. The summed E-state index contributed by atoms with van der Waals surface area (Å²) in [5.74, 6) is -0.967. The Kier molecular flexibility index (Phi) is 3.76. The van der Waals surface area contributed by atoms with Crippen LogP contribution in [0.4, 0.5) is 11.4 Å². The lowest BCUT2D eigenvalue weighted by atomic mass is 10.1. The van der Waals surface area contributed by atoms with Crippen LogP contribution in [0.15, 0.2) is 36.4 Å². The number of halogens is 1. The summed E-state index contributed by atoms with van der Waals surface area (Å²) < 4.78 is 0. The van der Waals surface area contributed by atoms with Gasteiger partial charge in [0.2, 0.25) is 0 Å². The van der Waals surface area contributed by atoms with Gasteiger partial charge >= 0.3 is 5.97 Å². The molecule has 0 aliphatic rings. The van der Waals surface area contributed by atoms with E-state index in [1.807, 2.05) is 32.0 Å². The Labute approximate surface area is 116 Å². The van der Waals surface area contributed by atoms with E-state index in [4.69, 9.17) is 11.6 Å². The molecule has 2 aromatic carbocycles. The van der Waals surface area contributed by atoms with E-state index in [1.165, 1.54) is 0 Å². The maximum Gasteiger partial charge on any atom is 0.337 e. The maximum absolute atomic E-state index is 11.2. The molecule has 0 fully saturated rings. The largest absolute Gasteiger partial charge is 0.478 e. The van der Waals surface area contributed by atoms with Crippen molar-refractivity contribution in [1.82, 2.24) is 0 Å². The van der Waals surface area contributed by atoms with Crippen LogP contribution < -0.4 is 5.32 Å². The molecule has 0 aliphatic heterocycles. The number of benzene rings is 2. The first kappa shape index (κ1) is 13.4. The molecule has 0 aromatic heterocycles. The van der Waals surface area contributed by atoms with Crippen molar-refractivity contribution in [1.29, 1.82) is 0 Å². The van der Waals surface area contributed by atoms with Crippen LogP contribution in [0.3, 0.4) is 0 Å². The Balaban J connectivity index is 2.42. The van der Waals surface area contributed by atoms with E-state index in [-0.39, 0.29) is 5.56 Å². The van der Waals surface area contributed by atoms with Gasteiger partial charge in [0, 0.05) is 0 Å². The molecule has 2 aromatic rings. The Hall–Kier alpha value is -2.00. The second-order valence-corrected chi connectivity index (χ2v) is 4.87. The predicted molar refractivity (Wildman–Crippen MR) is 77.6 cm³/mol. The number of carboxylic acids is 1. The number of anilines is 2. The molecule has 0 saturated heterocycles. The van der Waals surface area contributed by atoms with Crippen LogP contribution in [0.1, 0.15) is 21.5 Å². The lowest BCUT2D eigenvalue weighted by Crippen LogP contribution is -2.03. The minimum Gasteiger partial charge on any atom is -0.478 e. The third-order valence-corrected chi connectivity index (χ3v) is 3.11. The number of hydrogen-bond acceptors (Lipinski definition) is 2. The summed E-state index contributed by atoms with van der Waals surface area (Å²) in [4.78, 5) is 11.2. The van der Waals surface area contributed by atoms with E-state index < -0.39 is 5.97 Å². The van der Waals surface area contributed by atoms with E-state index in [2.05, 4.69) is 5.32 Å². The number of carboxylic acid groups (broad SMARTS) is 1. The van der Waals surface area contributed by atoms with E-state index >= 15 is 0 Å². The normalized spacial score (nSPS) is 10.3. The lowest BCUT2D eigenvalue weighted by molar-refractivity contribution is 0.0698. The van der Waals surface area contributed by atoms with Gasteiger partial charge in [-0.2, -0.15) is 0 Å². The summed E-state index contributed by atoms with van der Waals surface area (Å²) in [6.07, 6.45) is 0. The third-order valence-electron chi connectivity index (χ3n) is 2.80. The summed E-state index contributed by atoms with van der Waals surface area (Å²) in [6.45, 7) is 3.86. The van der Waals surface area contributed by atoms with Crippen molar-refractivity contribution in [3.8, 4) is 0 Å². The van der Waals surface area contributed by atoms with Crippen molar-refractivity contribution in [2.45, 2.75) is 13.8 Å². The summed E-state index contributed by atoms with van der Waals surface area (Å²) in [5.41, 5.74) is 3.50. The van der Waals surface area contributed by atoms with E-state index in [1.54, 1.807) is 18.2 Å². The van der Waals surface area contributed by atoms with Crippen LogP contribution in [0, 0.1) is 13.8 Å². The van der Waals surface area contributed by atoms with Gasteiger partial charge in [-0.15, -0.1) is 0 Å². The second kappa shape index (κ2) is 5.33. The van der Waals surface area contributed by atoms with Crippen LogP contribution >= 0.6 is 11.6 Å². The fourth-order valence-corrected chi connectivity index (χ4v) is 2.10. The number of hydrogen-bond donors (Lipinski definition) is 2. The average molecular weight is 276 g/mol. The average Bonchev–Trinajstić information content (AvgIpc) is 2.32. The molecule has 0 spiro atoms. The Morgan fingerprint density at radius 1 is 1.05 bits per heavy atom. The Morgan fingerprint density at radius 2 is 1.68 bits per heavy atom. The highest BCUT2D eigenvalue weighted by molar-refractivity contribution is 6.33. The van der Waals surface area contributed by atoms with Gasteiger partial charge in [0.25, 0.3) is 0 Å². The molecule has 19 heavy (non-hydrogen) atoms. The zero-order chi connectivity index (χ0) is 14.0. The van der Waals surface area contributed by atoms with Gasteiger partial charge in [-0.1, -0.05) is 23.7 Å². The molecule has 0 aliphatic carbocycles. The van der Waals surface area contributed by atoms with Gasteiger partial charge < -0.3 is 10.4 Å². The van der Waals surface area contributed by atoms with Crippen molar-refractivity contribution in [2.24, 2.45) is 0 Å². The molecule has 3 nitrogen and oxygen atoms in total. The highest BCUT2D eigenvalue weighted by Gasteiger charge is 2.11. The Bertz CT molecular complexity index is 638. The smallest absolute Gasteiger partial charge is 0.337 e. The van der Waals surface area contributed by atoms with E-state index in [0.717, 1.165) is 11.1 Å². The highest BCUT2D eigenvalue weighted by Crippen LogP contribution is 2.28. The Morgan fingerprint density at radius 3 is 2.32 bits per heavy atom. The molecule has 0 radical (unpaired) electrons. The number of nitrogens with one attached hydrogen (secondary N) is 1. The molecule has 4 heteroatoms. The fraction of sp³-hybridized carbons (Fsp3) is 0.133. The SMILES string of the molecule is Cc1ccc(Nc2cc(C)ccc2C(=O)O)c(Cl)c1. The summed E-state index contributed by atoms with van der Waals surface area (Å²) in [5, 5.41) is 12.8. The molecule has 0 atom stereocenters. The van der Waals surface area contributed by atoms with Crippen LogP contribution in [0.5, 0.6) is 0 Å². The fourth-order valence-electron chi connectivity index (χ4n) is 1.81. The van der Waals surface area contributed by atoms with Crippen molar-refractivity contribution in [3.63, 3.8) is 0 Å². The van der Waals surface area contributed by atoms with Gasteiger partial charge in [-0.05, 0) is 49.2 Å². The minimum atomic E-state index is -0.967. The minimum absolute atomic E-state index is 0.224. The maximum atomic E-state index is 11.2. The summed E-state index contributed by atoms with van der Waals surface area (Å²) in [7, 11) is 0. The number of rotatable bonds is 3. The topological polar surface area (TPSA) is 49.3 Å². The van der Waals surface area contributed by atoms with Crippen LogP contribution in [0.2, 0.25) is 5.02 Å². The van der Waals surface area contributed by atoms with Crippen LogP contribution in [-0.2, 0) is 0 Å². The van der Waals surface area contributed by atoms with Gasteiger partial charge in [-0.25, -0.2) is 4.79 Å². The van der Waals surface area contributed by atoms with E-state index in [0.29, 0.717) is 16.4 Å². The molecular weight excluding hydrogens is 262 g/mol. The predicted octanol–water partition coefficient (Wildman–Crippen LogP) is 4.40. The van der Waals surface area contributed by atoms with E-state index in [9.17, 15) is 9.90 Å². The van der Waals surface area contributed by atoms with Crippen molar-refractivity contribution < 1.29 is 9.90 Å². The first-order chi connectivity index (χ1) is 8.97. The first-order valence-corrected chi connectivity index (χ1v) is 6.22.